The van der Waals surface area contributed by atoms with Gasteiger partial charge in [-0.05, 0) is 74.6 Å². The van der Waals surface area contributed by atoms with Crippen molar-refractivity contribution in [1.29, 1.82) is 0 Å². The first-order valence-corrected chi connectivity index (χ1v) is 17.1. The first-order valence-electron chi connectivity index (χ1n) is 15.6. The summed E-state index contributed by atoms with van der Waals surface area (Å²) in [4.78, 5) is 30.2. The highest BCUT2D eigenvalue weighted by Gasteiger charge is 2.35. The van der Waals surface area contributed by atoms with Crippen molar-refractivity contribution in [2.75, 3.05) is 10.8 Å². The van der Waals surface area contributed by atoms with Crippen LogP contribution in [0.4, 0.5) is 5.69 Å². The molecular weight excluding hydrogens is 595 g/mol. The van der Waals surface area contributed by atoms with Gasteiger partial charge in [0.05, 0.1) is 10.6 Å². The summed E-state index contributed by atoms with van der Waals surface area (Å²) in [6.07, 6.45) is 0.259. The minimum absolute atomic E-state index is 0.0762. The predicted octanol–water partition coefficient (Wildman–Crippen LogP) is 6.87. The molecule has 0 heterocycles. The molecule has 0 radical (unpaired) electrons. The van der Waals surface area contributed by atoms with Crippen LogP contribution in [0.5, 0.6) is 0 Å². The summed E-state index contributed by atoms with van der Waals surface area (Å²) in [5.41, 5.74) is 3.61. The molecule has 2 amide bonds. The van der Waals surface area contributed by atoms with Gasteiger partial charge in [0.15, 0.2) is 0 Å². The number of nitrogens with zero attached hydrogens (tertiary/aromatic N) is 2. The van der Waals surface area contributed by atoms with E-state index in [2.05, 4.69) is 19.2 Å². The first kappa shape index (κ1) is 34.4. The van der Waals surface area contributed by atoms with Crippen molar-refractivity contribution in [3.63, 3.8) is 0 Å². The maximum Gasteiger partial charge on any atom is 0.264 e. The summed E-state index contributed by atoms with van der Waals surface area (Å²) in [6.45, 7) is 11.4. The Morgan fingerprint density at radius 2 is 1.37 bits per heavy atom. The fourth-order valence-corrected chi connectivity index (χ4v) is 6.72. The van der Waals surface area contributed by atoms with E-state index in [9.17, 15) is 18.0 Å². The quantitative estimate of drug-likeness (QED) is 0.183. The van der Waals surface area contributed by atoms with Crippen LogP contribution in [-0.4, -0.2) is 43.3 Å². The van der Waals surface area contributed by atoms with Crippen molar-refractivity contribution in [3.05, 3.63) is 131 Å². The van der Waals surface area contributed by atoms with Crippen molar-refractivity contribution in [3.8, 4) is 0 Å². The second-order valence-electron chi connectivity index (χ2n) is 13.0. The van der Waals surface area contributed by atoms with Crippen LogP contribution in [0.25, 0.3) is 0 Å². The van der Waals surface area contributed by atoms with Gasteiger partial charge in [-0.15, -0.1) is 0 Å². The summed E-state index contributed by atoms with van der Waals surface area (Å²) in [5.74, 6) is -0.546. The summed E-state index contributed by atoms with van der Waals surface area (Å²) < 4.78 is 29.5. The van der Waals surface area contributed by atoms with Crippen LogP contribution in [0, 0.1) is 6.92 Å². The third kappa shape index (κ3) is 9.07. The summed E-state index contributed by atoms with van der Waals surface area (Å²) in [6, 6.07) is 31.8. The predicted molar refractivity (Wildman–Crippen MR) is 185 cm³/mol. The Bertz CT molecular complexity index is 1720. The molecule has 0 fully saturated rings. The van der Waals surface area contributed by atoms with Gasteiger partial charge in [0.1, 0.15) is 12.6 Å². The average Bonchev–Trinajstić information content (AvgIpc) is 3.01. The fraction of sp³-hybridized carbons (Fsp3) is 0.316. The minimum Gasteiger partial charge on any atom is -0.350 e. The molecule has 1 atom stereocenters. The molecule has 4 aromatic carbocycles. The molecule has 0 aromatic heterocycles. The summed E-state index contributed by atoms with van der Waals surface area (Å²) in [7, 11) is -4.14. The molecule has 46 heavy (non-hydrogen) atoms. The second-order valence-corrected chi connectivity index (χ2v) is 14.9. The van der Waals surface area contributed by atoms with Crippen LogP contribution < -0.4 is 9.62 Å². The number of aryl methyl sites for hydroxylation is 1. The smallest absolute Gasteiger partial charge is 0.264 e. The largest absolute Gasteiger partial charge is 0.350 e. The van der Waals surface area contributed by atoms with Crippen LogP contribution >= 0.6 is 0 Å². The molecule has 7 nitrogen and oxygen atoms in total. The maximum absolute atomic E-state index is 14.6. The zero-order valence-electron chi connectivity index (χ0n) is 27.6. The SMILES string of the molecule is Cc1cccc(CN(C(=O)CN(c2ccc(C(C)C)cc2)S(=O)(=O)c2ccccc2)C(Cc2ccccc2)C(=O)NC(C)(C)C)c1. The first-order chi connectivity index (χ1) is 21.7. The lowest BCUT2D eigenvalue weighted by Gasteiger charge is -2.35. The van der Waals surface area contributed by atoms with Crippen molar-refractivity contribution >= 4 is 27.5 Å². The number of hydrogen-bond acceptors (Lipinski definition) is 4. The molecule has 0 aliphatic rings. The molecule has 0 saturated heterocycles. The molecular formula is C38H45N3O4S. The van der Waals surface area contributed by atoms with E-state index >= 15 is 0 Å². The van der Waals surface area contributed by atoms with Crippen LogP contribution in [-0.2, 0) is 32.6 Å². The monoisotopic (exact) mass is 639 g/mol. The molecule has 8 heteroatoms. The van der Waals surface area contributed by atoms with Crippen molar-refractivity contribution in [1.82, 2.24) is 10.2 Å². The molecule has 0 spiro atoms. The van der Waals surface area contributed by atoms with Gasteiger partial charge >= 0.3 is 0 Å². The fourth-order valence-electron chi connectivity index (χ4n) is 5.29. The number of rotatable bonds is 12. The molecule has 4 aromatic rings. The van der Waals surface area contributed by atoms with Gasteiger partial charge < -0.3 is 10.2 Å². The normalized spacial score (nSPS) is 12.4. The number of amides is 2. The van der Waals surface area contributed by atoms with E-state index in [4.69, 9.17) is 0 Å². The highest BCUT2D eigenvalue weighted by Crippen LogP contribution is 2.27. The lowest BCUT2D eigenvalue weighted by atomic mass is 10.0. The standard InChI is InChI=1S/C38H45N3O4S/c1-28(2)32-20-22-33(23-21-32)41(46(44,45)34-18-11-8-12-19-34)27-36(42)40(26-31-17-13-14-29(3)24-31)35(37(43)39-38(4,5)6)25-30-15-9-7-10-16-30/h7-24,28,35H,25-27H2,1-6H3,(H,39,43). The number of benzene rings is 4. The summed E-state index contributed by atoms with van der Waals surface area (Å²) in [5, 5.41) is 3.07. The van der Waals surface area contributed by atoms with Gasteiger partial charge in [0, 0.05) is 18.5 Å². The Morgan fingerprint density at radius 1 is 0.783 bits per heavy atom. The molecule has 4 rings (SSSR count). The number of carbonyl (C=O) groups is 2. The van der Waals surface area contributed by atoms with Crippen LogP contribution in [0.2, 0.25) is 0 Å². The zero-order valence-corrected chi connectivity index (χ0v) is 28.4. The third-order valence-electron chi connectivity index (χ3n) is 7.66. The van der Waals surface area contributed by atoms with E-state index in [1.165, 1.54) is 17.0 Å². The Kier molecular flexibility index (Phi) is 11.1. The average molecular weight is 640 g/mol. The van der Waals surface area contributed by atoms with Crippen LogP contribution in [0.1, 0.15) is 62.8 Å². The number of nitrogens with one attached hydrogen (secondary N) is 1. The van der Waals surface area contributed by atoms with Crippen molar-refractivity contribution in [2.24, 2.45) is 0 Å². The molecule has 0 aliphatic heterocycles. The van der Waals surface area contributed by atoms with E-state index in [0.29, 0.717) is 5.69 Å². The van der Waals surface area contributed by atoms with E-state index in [1.54, 1.807) is 30.3 Å². The number of hydrogen-bond donors (Lipinski definition) is 1. The number of sulfonamides is 1. The highest BCUT2D eigenvalue weighted by atomic mass is 32.2. The highest BCUT2D eigenvalue weighted by molar-refractivity contribution is 7.92. The van der Waals surface area contributed by atoms with Crippen molar-refractivity contribution < 1.29 is 18.0 Å². The molecule has 0 bridgehead atoms. The second kappa shape index (κ2) is 14.8. The Balaban J connectivity index is 1.82. The van der Waals surface area contributed by atoms with E-state index in [1.807, 2.05) is 94.4 Å². The molecule has 0 aliphatic carbocycles. The topological polar surface area (TPSA) is 86.8 Å². The van der Waals surface area contributed by atoms with Gasteiger partial charge in [-0.1, -0.05) is 104 Å². The van der Waals surface area contributed by atoms with E-state index in [0.717, 1.165) is 26.6 Å². The van der Waals surface area contributed by atoms with E-state index in [-0.39, 0.29) is 29.7 Å². The van der Waals surface area contributed by atoms with Crippen LogP contribution in [0.15, 0.2) is 114 Å². The molecule has 242 valence electrons. The van der Waals surface area contributed by atoms with Crippen molar-refractivity contribution in [2.45, 2.75) is 76.9 Å². The minimum atomic E-state index is -4.14. The van der Waals surface area contributed by atoms with Gasteiger partial charge in [-0.25, -0.2) is 8.42 Å². The summed E-state index contributed by atoms with van der Waals surface area (Å²) >= 11 is 0. The lowest BCUT2D eigenvalue weighted by Crippen LogP contribution is -2.56. The van der Waals surface area contributed by atoms with Gasteiger partial charge in [0.2, 0.25) is 11.8 Å². The number of carbonyl (C=O) groups excluding carboxylic acids is 2. The Labute approximate surface area is 274 Å². The Hall–Kier alpha value is -4.43. The maximum atomic E-state index is 14.6. The molecule has 1 N–H and O–H groups in total. The van der Waals surface area contributed by atoms with Gasteiger partial charge in [-0.2, -0.15) is 0 Å². The van der Waals surface area contributed by atoms with Gasteiger partial charge in [0.25, 0.3) is 10.0 Å². The molecule has 0 saturated carbocycles. The Morgan fingerprint density at radius 3 is 1.93 bits per heavy atom. The van der Waals surface area contributed by atoms with E-state index < -0.39 is 34.1 Å². The lowest BCUT2D eigenvalue weighted by molar-refractivity contribution is -0.140. The zero-order chi connectivity index (χ0) is 33.5. The van der Waals surface area contributed by atoms with Crippen LogP contribution in [0.3, 0.4) is 0 Å². The number of anilines is 1. The third-order valence-corrected chi connectivity index (χ3v) is 9.45. The van der Waals surface area contributed by atoms with Gasteiger partial charge in [-0.3, -0.25) is 13.9 Å². The molecule has 1 unspecified atom stereocenters.